The van der Waals surface area contributed by atoms with Gasteiger partial charge < -0.3 is 19.1 Å². The van der Waals surface area contributed by atoms with E-state index in [1.165, 1.54) is 12.7 Å². The van der Waals surface area contributed by atoms with Crippen molar-refractivity contribution < 1.29 is 20.4 Å². The third kappa shape index (κ3) is 3.85. The van der Waals surface area contributed by atoms with E-state index in [0.717, 1.165) is 11.4 Å². The predicted molar refractivity (Wildman–Crippen MR) is 129 cm³/mol. The summed E-state index contributed by atoms with van der Waals surface area (Å²) in [7, 11) is 0. The van der Waals surface area contributed by atoms with Gasteiger partial charge in [0.15, 0.2) is 0 Å². The number of nitrogens with zero attached hydrogens (tertiary/aromatic N) is 11. The number of imidazole rings is 2. The van der Waals surface area contributed by atoms with Crippen molar-refractivity contribution in [1.82, 2.24) is 49.0 Å². The topological polar surface area (TPSA) is 117 Å². The van der Waals surface area contributed by atoms with E-state index in [4.69, 9.17) is 16.5 Å². The molecule has 0 spiro atoms. The Balaban J connectivity index is 0.00000280. The Hall–Kier alpha value is -4.45. The van der Waals surface area contributed by atoms with Crippen LogP contribution >= 0.6 is 0 Å². The first kappa shape index (κ1) is 24.3. The van der Waals surface area contributed by atoms with Crippen LogP contribution in [0.25, 0.3) is 38.8 Å². The Kier molecular flexibility index (Phi) is 6.04. The molecule has 182 valence electrons. The predicted octanol–water partition coefficient (Wildman–Crippen LogP) is 3.13. The molecule has 6 rings (SSSR count). The summed E-state index contributed by atoms with van der Waals surface area (Å²) in [5.74, 6) is 1.08. The van der Waals surface area contributed by atoms with Crippen LogP contribution in [0.3, 0.4) is 0 Å². The number of fused-ring (bicyclic) bond motifs is 2. The van der Waals surface area contributed by atoms with Crippen molar-refractivity contribution in [2.45, 2.75) is 26.3 Å². The summed E-state index contributed by atoms with van der Waals surface area (Å²) in [5.41, 5.74) is 3.87. The van der Waals surface area contributed by atoms with Crippen LogP contribution in [0.1, 0.15) is 29.7 Å². The van der Waals surface area contributed by atoms with Gasteiger partial charge in [-0.3, -0.25) is 34.7 Å². The van der Waals surface area contributed by atoms with Gasteiger partial charge in [0.2, 0.25) is 0 Å². The Morgan fingerprint density at radius 3 is 1.65 bits per heavy atom. The zero-order valence-corrected chi connectivity index (χ0v) is 21.4. The molecular formula is C25H17N11Pd. The first-order valence-electron chi connectivity index (χ1n) is 11.0. The number of rotatable bonds is 4. The van der Waals surface area contributed by atoms with Crippen molar-refractivity contribution in [2.24, 2.45) is 0 Å². The molecule has 0 fully saturated rings. The molecule has 0 aliphatic heterocycles. The fourth-order valence-corrected chi connectivity index (χ4v) is 4.00. The number of hydrogen-bond acceptors (Lipinski definition) is 8. The van der Waals surface area contributed by atoms with E-state index in [-0.39, 0.29) is 20.4 Å². The van der Waals surface area contributed by atoms with Crippen LogP contribution in [0.5, 0.6) is 0 Å². The molecule has 6 aromatic heterocycles. The van der Waals surface area contributed by atoms with Gasteiger partial charge in [-0.05, 0) is 26.0 Å². The van der Waals surface area contributed by atoms with Crippen LogP contribution in [-0.2, 0) is 26.0 Å². The normalized spacial score (nSPS) is 11.4. The number of pyridine rings is 2. The largest absolute Gasteiger partial charge is 2.00 e. The standard InChI is InChI=1S/C25H17N11.Pd/c1-15-21-23(29-11-27-15)35(13-31-21)19-9-5-7-17(33-19)25(3,26-4)18-8-6-10-20(34-18)36-14-32-22-16(2)28-12-30-24(22)36;/h5-12H,1-3H3;/q-2;+2. The van der Waals surface area contributed by atoms with Crippen LogP contribution < -0.4 is 0 Å². The number of aryl methyl sites for hydroxylation is 2. The second-order valence-corrected chi connectivity index (χ2v) is 8.30. The first-order valence-corrected chi connectivity index (χ1v) is 11.0. The zero-order chi connectivity index (χ0) is 24.9. The molecule has 0 amide bonds. The van der Waals surface area contributed by atoms with Crippen molar-refractivity contribution in [3.8, 4) is 11.6 Å². The number of aromatic nitrogens is 10. The monoisotopic (exact) mass is 577 g/mol. The third-order valence-corrected chi connectivity index (χ3v) is 6.07. The fourth-order valence-electron chi connectivity index (χ4n) is 4.00. The van der Waals surface area contributed by atoms with Gasteiger partial charge in [-0.15, -0.1) is 0 Å². The van der Waals surface area contributed by atoms with Gasteiger partial charge in [-0.25, -0.2) is 6.57 Å². The van der Waals surface area contributed by atoms with Gasteiger partial charge in [0, 0.05) is 53.3 Å². The SMILES string of the molecule is [C-]#[N+]C(C)(c1cccc(-n2[c-]nc3c(C)ncnc32)n1)c1cccc(-n2[c-]nc3c(C)ncnc32)n1.[Pd+2]. The first-order chi connectivity index (χ1) is 17.5. The second-order valence-electron chi connectivity index (χ2n) is 8.30. The third-order valence-electron chi connectivity index (χ3n) is 6.07. The van der Waals surface area contributed by atoms with Gasteiger partial charge in [-0.1, -0.05) is 24.3 Å². The molecular weight excluding hydrogens is 561 g/mol. The van der Waals surface area contributed by atoms with E-state index in [1.807, 2.05) is 50.2 Å². The summed E-state index contributed by atoms with van der Waals surface area (Å²) in [4.78, 5) is 39.2. The van der Waals surface area contributed by atoms with Crippen molar-refractivity contribution in [1.29, 1.82) is 0 Å². The maximum absolute atomic E-state index is 8.09. The molecule has 37 heavy (non-hydrogen) atoms. The molecule has 0 atom stereocenters. The molecule has 12 heteroatoms. The summed E-state index contributed by atoms with van der Waals surface area (Å²) in [5, 5.41) is 0. The molecule has 6 aromatic rings. The molecule has 6 heterocycles. The number of hydrogen-bond donors (Lipinski definition) is 0. The van der Waals surface area contributed by atoms with Gasteiger partial charge in [0.1, 0.15) is 24.0 Å². The van der Waals surface area contributed by atoms with Gasteiger partial charge >= 0.3 is 26.0 Å². The maximum Gasteiger partial charge on any atom is 2.00 e. The van der Waals surface area contributed by atoms with Gasteiger partial charge in [-0.2, -0.15) is 0 Å². The van der Waals surface area contributed by atoms with Crippen LogP contribution in [0.15, 0.2) is 49.1 Å². The Labute approximate surface area is 225 Å². The van der Waals surface area contributed by atoms with E-state index >= 15 is 0 Å². The molecule has 0 aliphatic rings. The second kappa shape index (κ2) is 9.21. The smallest absolute Gasteiger partial charge is 0.396 e. The summed E-state index contributed by atoms with van der Waals surface area (Å²) < 4.78 is 3.33. The molecule has 0 aliphatic carbocycles. The van der Waals surface area contributed by atoms with E-state index < -0.39 is 5.54 Å². The van der Waals surface area contributed by atoms with Crippen LogP contribution in [-0.4, -0.2) is 49.0 Å². The molecule has 0 saturated heterocycles. The van der Waals surface area contributed by atoms with Gasteiger partial charge in [0.25, 0.3) is 0 Å². The van der Waals surface area contributed by atoms with E-state index in [2.05, 4.69) is 47.4 Å². The summed E-state index contributed by atoms with van der Waals surface area (Å²) in [6, 6.07) is 10.9. The molecule has 0 bridgehead atoms. The summed E-state index contributed by atoms with van der Waals surface area (Å²) >= 11 is 0. The molecule has 0 aromatic carbocycles. The molecule has 0 N–H and O–H groups in total. The van der Waals surface area contributed by atoms with E-state index in [1.54, 1.807) is 16.1 Å². The Bertz CT molecular complexity index is 1690. The van der Waals surface area contributed by atoms with Crippen LogP contribution in [0.2, 0.25) is 0 Å². The summed E-state index contributed by atoms with van der Waals surface area (Å²) in [6.45, 7) is 13.6. The van der Waals surface area contributed by atoms with Crippen molar-refractivity contribution >= 4 is 22.3 Å². The minimum atomic E-state index is -1.17. The Morgan fingerprint density at radius 1 is 0.757 bits per heavy atom. The fraction of sp³-hybridized carbons (Fsp3) is 0.160. The molecule has 0 saturated carbocycles. The van der Waals surface area contributed by atoms with Gasteiger partial charge in [0.05, 0.1) is 11.6 Å². The summed E-state index contributed by atoms with van der Waals surface area (Å²) in [6.07, 6.45) is 8.84. The minimum absolute atomic E-state index is 0. The average molecular weight is 578 g/mol. The maximum atomic E-state index is 8.09. The van der Waals surface area contributed by atoms with Crippen molar-refractivity contribution in [3.05, 3.63) is 95.9 Å². The van der Waals surface area contributed by atoms with Crippen LogP contribution in [0.4, 0.5) is 0 Å². The van der Waals surface area contributed by atoms with E-state index in [9.17, 15) is 0 Å². The quantitative estimate of drug-likeness (QED) is 0.232. The Morgan fingerprint density at radius 2 is 1.22 bits per heavy atom. The van der Waals surface area contributed by atoms with Crippen molar-refractivity contribution in [3.63, 3.8) is 0 Å². The minimum Gasteiger partial charge on any atom is -0.396 e. The van der Waals surface area contributed by atoms with E-state index in [0.29, 0.717) is 45.4 Å². The molecule has 0 unspecified atom stereocenters. The molecule has 11 nitrogen and oxygen atoms in total. The zero-order valence-electron chi connectivity index (χ0n) is 19.9. The molecule has 0 radical (unpaired) electrons. The average Bonchev–Trinajstić information content (AvgIpc) is 3.55. The van der Waals surface area contributed by atoms with Crippen molar-refractivity contribution in [2.75, 3.05) is 0 Å². The van der Waals surface area contributed by atoms with Crippen LogP contribution in [0, 0.1) is 33.1 Å².